The van der Waals surface area contributed by atoms with Crippen LogP contribution >= 0.6 is 29.4 Å². The number of aryl methyl sites for hydroxylation is 1. The first kappa shape index (κ1) is 62.9. The van der Waals surface area contributed by atoms with Gasteiger partial charge < -0.3 is 29.7 Å². The molecule has 3 N–H and O–H groups in total. The zero-order chi connectivity index (χ0) is 50.2. The number of phosphoric acid groups is 1. The van der Waals surface area contributed by atoms with Crippen LogP contribution in [0, 0.1) is 6.92 Å². The molecule has 0 aliphatic carbocycles. The highest BCUT2D eigenvalue weighted by Gasteiger charge is 2.27. The van der Waals surface area contributed by atoms with Crippen molar-refractivity contribution in [2.75, 3.05) is 37.9 Å². The Labute approximate surface area is 425 Å². The maximum absolute atomic E-state index is 13.3. The number of hydrogen-bond donors (Lipinski definition) is 2. The minimum Gasteiger partial charge on any atom is -0.462 e. The second-order valence-corrected chi connectivity index (χ2v) is 22.6. The summed E-state index contributed by atoms with van der Waals surface area (Å²) < 4.78 is 41.1. The molecular weight excluding hydrogens is 936 g/mol. The Morgan fingerprint density at radius 2 is 1.33 bits per heavy atom. The van der Waals surface area contributed by atoms with Crippen molar-refractivity contribution >= 4 is 53.6 Å². The summed E-state index contributed by atoms with van der Waals surface area (Å²) in [7, 11) is -1.64. The highest BCUT2D eigenvalue weighted by molar-refractivity contribution is 8.78. The number of aromatic nitrogens is 2. The second kappa shape index (κ2) is 41.3. The molecule has 1 aromatic heterocycles. The predicted octanol–water partition coefficient (Wildman–Crippen LogP) is 14.1. The first-order chi connectivity index (χ1) is 33.5. The Hall–Kier alpha value is -2.20. The van der Waals surface area contributed by atoms with Crippen LogP contribution in [0.4, 0.5) is 5.82 Å². The van der Waals surface area contributed by atoms with Crippen LogP contribution in [0.2, 0.25) is 0 Å². The van der Waals surface area contributed by atoms with E-state index in [1.54, 1.807) is 30.8 Å². The van der Waals surface area contributed by atoms with Crippen molar-refractivity contribution in [2.45, 2.75) is 245 Å². The van der Waals surface area contributed by atoms with E-state index < -0.39 is 32.5 Å². The Bertz CT molecular complexity index is 1590. The topological polar surface area (TPSA) is 190 Å². The molecule has 69 heavy (non-hydrogen) atoms. The molecule has 0 saturated carbocycles. The quantitative estimate of drug-likeness (QED) is 0.0206. The van der Waals surface area contributed by atoms with Crippen molar-refractivity contribution in [3.05, 3.63) is 28.2 Å². The third-order valence-corrected chi connectivity index (χ3v) is 16.1. The molecule has 2 rings (SSSR count). The molecule has 0 spiro atoms. The van der Waals surface area contributed by atoms with Gasteiger partial charge in [-0.05, 0) is 39.5 Å². The van der Waals surface area contributed by atoms with Gasteiger partial charge in [0, 0.05) is 54.0 Å². The van der Waals surface area contributed by atoms with Gasteiger partial charge in [0.25, 0.3) is 0 Å². The van der Waals surface area contributed by atoms with Crippen molar-refractivity contribution in [1.82, 2.24) is 14.9 Å². The molecule has 1 fully saturated rings. The monoisotopic (exact) mass is 1030 g/mol. The van der Waals surface area contributed by atoms with Crippen LogP contribution in [0.3, 0.4) is 0 Å². The van der Waals surface area contributed by atoms with Crippen molar-refractivity contribution < 1.29 is 47.1 Å². The van der Waals surface area contributed by atoms with Gasteiger partial charge in [-0.15, -0.1) is 0 Å². The van der Waals surface area contributed by atoms with Crippen LogP contribution in [-0.4, -0.2) is 82.5 Å². The minimum absolute atomic E-state index is 0.132. The molecule has 1 aliphatic heterocycles. The van der Waals surface area contributed by atoms with Crippen molar-refractivity contribution in [3.63, 3.8) is 0 Å². The summed E-state index contributed by atoms with van der Waals surface area (Å²) in [5, 5.41) is 0. The summed E-state index contributed by atoms with van der Waals surface area (Å²) in [4.78, 5) is 59.6. The number of anilines is 1. The van der Waals surface area contributed by atoms with Crippen molar-refractivity contribution in [3.8, 4) is 0 Å². The number of nitrogen functional groups attached to an aromatic ring is 1. The number of allylic oxidation sites excluding steroid dienone is 1. The predicted molar refractivity (Wildman–Crippen MR) is 282 cm³/mol. The van der Waals surface area contributed by atoms with Gasteiger partial charge in [0.15, 0.2) is 6.10 Å². The fourth-order valence-corrected chi connectivity index (χ4v) is 11.6. The van der Waals surface area contributed by atoms with Gasteiger partial charge in [-0.3, -0.25) is 23.4 Å². The summed E-state index contributed by atoms with van der Waals surface area (Å²) in [6, 6.07) is 0. The summed E-state index contributed by atoms with van der Waals surface area (Å²) in [5.41, 5.74) is 7.33. The number of amides is 1. The number of phosphoric ester groups is 1. The average Bonchev–Trinajstić information content (AvgIpc) is 3.85. The number of nitrogens with zero attached hydrogens (tertiary/aromatic N) is 3. The van der Waals surface area contributed by atoms with Crippen LogP contribution in [0.1, 0.15) is 231 Å². The molecular formula is C52H93N4O10PS2. The lowest BCUT2D eigenvalue weighted by Gasteiger charge is -2.23. The number of nitrogens with two attached hydrogens (primary N) is 1. The molecule has 3 atom stereocenters. The molecule has 1 saturated heterocycles. The van der Waals surface area contributed by atoms with Gasteiger partial charge in [-0.1, -0.05) is 190 Å². The van der Waals surface area contributed by atoms with E-state index in [1.165, 1.54) is 131 Å². The van der Waals surface area contributed by atoms with E-state index in [2.05, 4.69) is 23.8 Å². The summed E-state index contributed by atoms with van der Waals surface area (Å²) in [5.74, 6) is 0.637. The highest BCUT2D eigenvalue weighted by atomic mass is 33.1. The van der Waals surface area contributed by atoms with E-state index in [0.29, 0.717) is 36.3 Å². The molecule has 14 nitrogen and oxygen atoms in total. The fraction of sp³-hybridized carbons (Fsp3) is 0.827. The highest BCUT2D eigenvalue weighted by Crippen LogP contribution is 2.45. The first-order valence-corrected chi connectivity index (χ1v) is 30.7. The van der Waals surface area contributed by atoms with Crippen LogP contribution in [0.5, 0.6) is 0 Å². The number of rotatable bonds is 46. The third-order valence-electron chi connectivity index (χ3n) is 12.5. The van der Waals surface area contributed by atoms with Gasteiger partial charge in [-0.2, -0.15) is 0 Å². The summed E-state index contributed by atoms with van der Waals surface area (Å²) in [6.45, 7) is 7.86. The number of carbonyl (C=O) groups is 3. The zero-order valence-corrected chi connectivity index (χ0v) is 45.8. The third kappa shape index (κ3) is 33.2. The number of hydrogen-bond acceptors (Lipinski definition) is 14. The van der Waals surface area contributed by atoms with Gasteiger partial charge in [-0.25, -0.2) is 14.5 Å². The van der Waals surface area contributed by atoms with E-state index in [-0.39, 0.29) is 50.9 Å². The summed E-state index contributed by atoms with van der Waals surface area (Å²) >= 11 is 0. The standard InChI is InChI=1S/C52H93N4O10PS2/c1-5-7-9-11-13-15-17-19-21-23-25-27-29-33-50(58)63-40-48(66-51(59)34-30-28-26-24-22-20-18-16-14-12-10-8-6-2)41-65-67(60,61)64-37-35-49(69-68-42-47-32-31-36-62-47)44(3)56(43-57)39-46-38-54-45(4)55-52(46)53/h38,43,47-48H,5-37,39-42H2,1-4H3,(H,60,61)(H2,53,54,55)/b49-44-/t47?,48-/m1/s1. The van der Waals surface area contributed by atoms with E-state index in [4.69, 9.17) is 29.0 Å². The molecule has 17 heteroatoms. The second-order valence-electron chi connectivity index (χ2n) is 18.7. The number of unbranched alkanes of at least 4 members (excludes halogenated alkanes) is 24. The molecule has 2 heterocycles. The lowest BCUT2D eigenvalue weighted by molar-refractivity contribution is -0.161. The van der Waals surface area contributed by atoms with Crippen LogP contribution in [0.25, 0.3) is 0 Å². The van der Waals surface area contributed by atoms with Crippen LogP contribution < -0.4 is 5.73 Å². The zero-order valence-electron chi connectivity index (χ0n) is 43.3. The maximum atomic E-state index is 13.3. The molecule has 2 unspecified atom stereocenters. The Morgan fingerprint density at radius 3 is 1.83 bits per heavy atom. The molecule has 398 valence electrons. The van der Waals surface area contributed by atoms with E-state index in [9.17, 15) is 23.8 Å². The van der Waals surface area contributed by atoms with E-state index in [1.807, 2.05) is 0 Å². The molecule has 1 amide bonds. The molecule has 0 aromatic carbocycles. The fourth-order valence-electron chi connectivity index (χ4n) is 8.11. The SMILES string of the molecule is CCCCCCCCCCCCCCCC(=O)OC[C@H](COP(=O)(O)OCC/C(SSCC1CCCO1)=C(\C)N(C=O)Cc1cnc(C)nc1N)OC(=O)CCCCCCCCCCCCCCC. The molecule has 0 radical (unpaired) electrons. The Morgan fingerprint density at radius 1 is 0.812 bits per heavy atom. The normalized spacial score (nSPS) is 15.4. The number of carbonyl (C=O) groups excluding carboxylic acids is 3. The lowest BCUT2D eigenvalue weighted by atomic mass is 10.0. The van der Waals surface area contributed by atoms with Crippen LogP contribution in [0.15, 0.2) is 16.8 Å². The van der Waals surface area contributed by atoms with E-state index in [0.717, 1.165) is 68.6 Å². The molecule has 1 aromatic rings. The number of esters is 2. The van der Waals surface area contributed by atoms with E-state index >= 15 is 0 Å². The maximum Gasteiger partial charge on any atom is 0.472 e. The smallest absolute Gasteiger partial charge is 0.462 e. The molecule has 1 aliphatic rings. The largest absolute Gasteiger partial charge is 0.472 e. The van der Waals surface area contributed by atoms with Crippen LogP contribution in [-0.2, 0) is 48.8 Å². The van der Waals surface area contributed by atoms with Crippen molar-refractivity contribution in [1.29, 1.82) is 0 Å². The minimum atomic E-state index is -4.67. The Kier molecular flexibility index (Phi) is 37.7. The Balaban J connectivity index is 1.91. The van der Waals surface area contributed by atoms with Gasteiger partial charge in [0.2, 0.25) is 6.41 Å². The van der Waals surface area contributed by atoms with Crippen molar-refractivity contribution in [2.24, 2.45) is 0 Å². The number of ether oxygens (including phenoxy) is 3. The van der Waals surface area contributed by atoms with Gasteiger partial charge >= 0.3 is 19.8 Å². The summed E-state index contributed by atoms with van der Waals surface area (Å²) in [6.07, 6.45) is 35.0. The lowest BCUT2D eigenvalue weighted by Crippen LogP contribution is -2.29. The first-order valence-electron chi connectivity index (χ1n) is 26.9. The van der Waals surface area contributed by atoms with Gasteiger partial charge in [0.05, 0.1) is 25.9 Å². The average molecular weight is 1030 g/mol. The molecule has 0 bridgehead atoms. The van der Waals surface area contributed by atoms with Gasteiger partial charge in [0.1, 0.15) is 18.2 Å².